The van der Waals surface area contributed by atoms with Crippen molar-refractivity contribution < 1.29 is 22.3 Å². The standard InChI is InChI=1S/C21H27FN2O4S/c1-4-20(16-7-13-19(28-2)14-8-16)23-21(25)6-5-15-24(29(3,26)27)18-11-9-17(22)10-12-18/h7-14,20H,4-6,15H2,1-3H3,(H,23,25)/t20-/m1/s1. The van der Waals surface area contributed by atoms with Crippen LogP contribution in [0, 0.1) is 5.82 Å². The van der Waals surface area contributed by atoms with Crippen LogP contribution in [0.1, 0.15) is 37.8 Å². The summed E-state index contributed by atoms with van der Waals surface area (Å²) >= 11 is 0. The molecule has 2 aromatic rings. The summed E-state index contributed by atoms with van der Waals surface area (Å²) < 4.78 is 43.6. The van der Waals surface area contributed by atoms with Gasteiger partial charge in [0.25, 0.3) is 0 Å². The lowest BCUT2D eigenvalue weighted by molar-refractivity contribution is -0.121. The van der Waals surface area contributed by atoms with E-state index in [9.17, 15) is 17.6 Å². The zero-order chi connectivity index (χ0) is 21.4. The third-order valence-corrected chi connectivity index (χ3v) is 5.74. The van der Waals surface area contributed by atoms with E-state index in [-0.39, 0.29) is 24.9 Å². The van der Waals surface area contributed by atoms with Gasteiger partial charge < -0.3 is 10.1 Å². The molecule has 0 aliphatic rings. The van der Waals surface area contributed by atoms with Crippen molar-refractivity contribution in [2.45, 2.75) is 32.2 Å². The van der Waals surface area contributed by atoms with Gasteiger partial charge in [0.05, 0.1) is 25.1 Å². The number of methoxy groups -OCH3 is 1. The molecule has 0 aromatic heterocycles. The molecule has 0 unspecified atom stereocenters. The highest BCUT2D eigenvalue weighted by atomic mass is 32.2. The number of amides is 1. The van der Waals surface area contributed by atoms with Crippen LogP contribution in [0.5, 0.6) is 5.75 Å². The topological polar surface area (TPSA) is 75.7 Å². The summed E-state index contributed by atoms with van der Waals surface area (Å²) in [4.78, 5) is 12.4. The Morgan fingerprint density at radius 2 is 1.76 bits per heavy atom. The molecule has 1 amide bonds. The molecule has 0 spiro atoms. The molecule has 158 valence electrons. The molecule has 2 aromatic carbocycles. The minimum atomic E-state index is -3.54. The maximum absolute atomic E-state index is 13.1. The van der Waals surface area contributed by atoms with Crippen molar-refractivity contribution in [3.8, 4) is 5.75 Å². The van der Waals surface area contributed by atoms with Crippen LogP contribution in [0.4, 0.5) is 10.1 Å². The van der Waals surface area contributed by atoms with Gasteiger partial charge in [-0.15, -0.1) is 0 Å². The van der Waals surface area contributed by atoms with Crippen molar-refractivity contribution >= 4 is 21.6 Å². The molecule has 1 N–H and O–H groups in total. The lowest BCUT2D eigenvalue weighted by atomic mass is 10.0. The highest BCUT2D eigenvalue weighted by Crippen LogP contribution is 2.21. The summed E-state index contributed by atoms with van der Waals surface area (Å²) in [7, 11) is -1.94. The lowest BCUT2D eigenvalue weighted by Crippen LogP contribution is -2.33. The van der Waals surface area contributed by atoms with Gasteiger partial charge in [0.2, 0.25) is 15.9 Å². The zero-order valence-electron chi connectivity index (χ0n) is 16.9. The first-order chi connectivity index (χ1) is 13.7. The number of nitrogens with one attached hydrogen (secondary N) is 1. The predicted molar refractivity (Wildman–Crippen MR) is 112 cm³/mol. The molecule has 0 aliphatic heterocycles. The molecule has 0 bridgehead atoms. The Morgan fingerprint density at radius 3 is 2.28 bits per heavy atom. The van der Waals surface area contributed by atoms with Crippen LogP contribution in [0.2, 0.25) is 0 Å². The van der Waals surface area contributed by atoms with Crippen molar-refractivity contribution in [1.29, 1.82) is 0 Å². The summed E-state index contributed by atoms with van der Waals surface area (Å²) in [5, 5.41) is 2.98. The summed E-state index contributed by atoms with van der Waals surface area (Å²) in [5.74, 6) is 0.155. The smallest absolute Gasteiger partial charge is 0.232 e. The minimum Gasteiger partial charge on any atom is -0.497 e. The Balaban J connectivity index is 1.94. The van der Waals surface area contributed by atoms with Crippen LogP contribution in [0.15, 0.2) is 48.5 Å². The Kier molecular flexibility index (Phi) is 8.01. The van der Waals surface area contributed by atoms with Gasteiger partial charge >= 0.3 is 0 Å². The number of anilines is 1. The van der Waals surface area contributed by atoms with E-state index >= 15 is 0 Å². The predicted octanol–water partition coefficient (Wildman–Crippen LogP) is 3.65. The van der Waals surface area contributed by atoms with Gasteiger partial charge in [-0.25, -0.2) is 12.8 Å². The van der Waals surface area contributed by atoms with Gasteiger partial charge in [0.15, 0.2) is 0 Å². The lowest BCUT2D eigenvalue weighted by Gasteiger charge is -2.23. The number of halogens is 1. The molecule has 0 saturated heterocycles. The Morgan fingerprint density at radius 1 is 1.14 bits per heavy atom. The molecule has 0 aliphatic carbocycles. The van der Waals surface area contributed by atoms with Gasteiger partial charge in [-0.05, 0) is 54.8 Å². The number of carbonyl (C=O) groups excluding carboxylic acids is 1. The van der Waals surface area contributed by atoms with Crippen LogP contribution in [0.3, 0.4) is 0 Å². The van der Waals surface area contributed by atoms with E-state index in [1.807, 2.05) is 31.2 Å². The zero-order valence-corrected chi connectivity index (χ0v) is 17.7. The van der Waals surface area contributed by atoms with Crippen molar-refractivity contribution in [1.82, 2.24) is 5.32 Å². The Labute approximate surface area is 171 Å². The quantitative estimate of drug-likeness (QED) is 0.634. The number of nitrogens with zero attached hydrogens (tertiary/aromatic N) is 1. The first-order valence-electron chi connectivity index (χ1n) is 9.41. The molecule has 0 radical (unpaired) electrons. The van der Waals surface area contributed by atoms with E-state index in [1.165, 1.54) is 28.6 Å². The largest absolute Gasteiger partial charge is 0.497 e. The van der Waals surface area contributed by atoms with Crippen LogP contribution >= 0.6 is 0 Å². The van der Waals surface area contributed by atoms with Crippen molar-refractivity contribution in [3.63, 3.8) is 0 Å². The molecule has 0 heterocycles. The second-order valence-electron chi connectivity index (χ2n) is 6.72. The molecular formula is C21H27FN2O4S. The first-order valence-corrected chi connectivity index (χ1v) is 11.3. The van der Waals surface area contributed by atoms with Crippen molar-refractivity contribution in [3.05, 3.63) is 59.9 Å². The van der Waals surface area contributed by atoms with E-state index in [2.05, 4.69) is 5.32 Å². The number of ether oxygens (including phenoxy) is 1. The van der Waals surface area contributed by atoms with E-state index in [0.717, 1.165) is 24.0 Å². The molecule has 8 heteroatoms. The van der Waals surface area contributed by atoms with E-state index in [1.54, 1.807) is 7.11 Å². The van der Waals surface area contributed by atoms with Gasteiger partial charge in [-0.3, -0.25) is 9.10 Å². The molecule has 2 rings (SSSR count). The second-order valence-corrected chi connectivity index (χ2v) is 8.62. The Hall–Kier alpha value is -2.61. The summed E-state index contributed by atoms with van der Waals surface area (Å²) in [6, 6.07) is 12.6. The number of hydrogen-bond acceptors (Lipinski definition) is 4. The molecule has 0 fully saturated rings. The third kappa shape index (κ3) is 6.74. The van der Waals surface area contributed by atoms with Gasteiger partial charge in [0.1, 0.15) is 11.6 Å². The maximum atomic E-state index is 13.1. The second kappa shape index (κ2) is 10.2. The summed E-state index contributed by atoms with van der Waals surface area (Å²) in [6.45, 7) is 2.12. The molecule has 6 nitrogen and oxygen atoms in total. The van der Waals surface area contributed by atoms with Gasteiger partial charge in [-0.1, -0.05) is 19.1 Å². The molecular weight excluding hydrogens is 395 g/mol. The van der Waals surface area contributed by atoms with Crippen molar-refractivity contribution in [2.75, 3.05) is 24.2 Å². The fourth-order valence-electron chi connectivity index (χ4n) is 3.00. The fraction of sp³-hybridized carbons (Fsp3) is 0.381. The van der Waals surface area contributed by atoms with Gasteiger partial charge in [0, 0.05) is 13.0 Å². The average molecular weight is 423 g/mol. The molecule has 29 heavy (non-hydrogen) atoms. The van der Waals surface area contributed by atoms with E-state index in [4.69, 9.17) is 4.74 Å². The fourth-order valence-corrected chi connectivity index (χ4v) is 3.97. The number of sulfonamides is 1. The SMILES string of the molecule is CC[C@@H](NC(=O)CCCN(c1ccc(F)cc1)S(C)(=O)=O)c1ccc(OC)cc1. The number of benzene rings is 2. The molecule has 0 saturated carbocycles. The monoisotopic (exact) mass is 422 g/mol. The number of hydrogen-bond donors (Lipinski definition) is 1. The van der Waals surface area contributed by atoms with Crippen LogP contribution in [-0.4, -0.2) is 34.2 Å². The van der Waals surface area contributed by atoms with Crippen LogP contribution in [-0.2, 0) is 14.8 Å². The van der Waals surface area contributed by atoms with Gasteiger partial charge in [-0.2, -0.15) is 0 Å². The van der Waals surface area contributed by atoms with Crippen LogP contribution in [0.25, 0.3) is 0 Å². The van der Waals surface area contributed by atoms with Crippen LogP contribution < -0.4 is 14.4 Å². The normalized spacial score (nSPS) is 12.3. The number of rotatable bonds is 10. The van der Waals surface area contributed by atoms with Crippen molar-refractivity contribution in [2.24, 2.45) is 0 Å². The summed E-state index contributed by atoms with van der Waals surface area (Å²) in [5.41, 5.74) is 1.35. The Bertz CT molecular complexity index is 899. The highest BCUT2D eigenvalue weighted by Gasteiger charge is 2.18. The maximum Gasteiger partial charge on any atom is 0.232 e. The van der Waals surface area contributed by atoms with E-state index < -0.39 is 15.8 Å². The van der Waals surface area contributed by atoms with E-state index in [0.29, 0.717) is 12.1 Å². The first kappa shape index (κ1) is 22.7. The minimum absolute atomic E-state index is 0.128. The third-order valence-electron chi connectivity index (χ3n) is 4.54. The number of carbonyl (C=O) groups is 1. The summed E-state index contributed by atoms with van der Waals surface area (Å²) in [6.07, 6.45) is 2.34. The highest BCUT2D eigenvalue weighted by molar-refractivity contribution is 7.92. The average Bonchev–Trinajstić information content (AvgIpc) is 2.69. The molecule has 1 atom stereocenters.